The molecule has 0 fully saturated rings. The summed E-state index contributed by atoms with van der Waals surface area (Å²) in [6, 6.07) is 19.1. The summed E-state index contributed by atoms with van der Waals surface area (Å²) in [4.78, 5) is 18.5. The second-order valence-corrected chi connectivity index (χ2v) is 5.19. The highest BCUT2D eigenvalue weighted by atomic mass is 16.2. The standard InChI is InChI=1S/C18H17N3O/c1-21(15-7-3-2-4-8-15)17(22)12-14-11-10-13-6-5-9-16(19)18(13)20-14/h2-11H,12,19H2,1H3. The second kappa shape index (κ2) is 5.85. The molecule has 22 heavy (non-hydrogen) atoms. The van der Waals surface area contributed by atoms with Gasteiger partial charge in [0.1, 0.15) is 0 Å². The number of pyridine rings is 1. The molecular weight excluding hydrogens is 274 g/mol. The first-order valence-corrected chi connectivity index (χ1v) is 7.11. The molecule has 4 nitrogen and oxygen atoms in total. The number of hydrogen-bond acceptors (Lipinski definition) is 3. The molecule has 0 saturated heterocycles. The van der Waals surface area contributed by atoms with Crippen molar-refractivity contribution in [1.82, 2.24) is 4.98 Å². The van der Waals surface area contributed by atoms with E-state index < -0.39 is 0 Å². The molecule has 2 N–H and O–H groups in total. The van der Waals surface area contributed by atoms with Crippen molar-refractivity contribution < 1.29 is 4.79 Å². The van der Waals surface area contributed by atoms with E-state index >= 15 is 0 Å². The largest absolute Gasteiger partial charge is 0.397 e. The molecule has 3 rings (SSSR count). The average Bonchev–Trinajstić information content (AvgIpc) is 2.55. The lowest BCUT2D eigenvalue weighted by Crippen LogP contribution is -2.28. The third-order valence-corrected chi connectivity index (χ3v) is 3.66. The zero-order valence-corrected chi connectivity index (χ0v) is 12.4. The molecule has 0 aliphatic heterocycles. The van der Waals surface area contributed by atoms with Crippen LogP contribution >= 0.6 is 0 Å². The van der Waals surface area contributed by atoms with Crippen LogP contribution in [0.25, 0.3) is 10.9 Å². The molecule has 1 heterocycles. The molecule has 2 aromatic carbocycles. The highest BCUT2D eigenvalue weighted by molar-refractivity contribution is 5.95. The fourth-order valence-corrected chi connectivity index (χ4v) is 2.38. The zero-order chi connectivity index (χ0) is 15.5. The van der Waals surface area contributed by atoms with Gasteiger partial charge in [-0.15, -0.1) is 0 Å². The molecule has 0 aliphatic rings. The van der Waals surface area contributed by atoms with E-state index in [0.29, 0.717) is 5.69 Å². The number of nitrogens with zero attached hydrogens (tertiary/aromatic N) is 2. The highest BCUT2D eigenvalue weighted by Crippen LogP contribution is 2.19. The van der Waals surface area contributed by atoms with E-state index in [0.717, 1.165) is 22.3 Å². The topological polar surface area (TPSA) is 59.2 Å². The van der Waals surface area contributed by atoms with Crippen LogP contribution in [0, 0.1) is 0 Å². The van der Waals surface area contributed by atoms with E-state index in [2.05, 4.69) is 4.98 Å². The summed E-state index contributed by atoms with van der Waals surface area (Å²) in [6.45, 7) is 0. The Morgan fingerprint density at radius 1 is 1.05 bits per heavy atom. The van der Waals surface area contributed by atoms with Gasteiger partial charge in [0, 0.05) is 18.1 Å². The lowest BCUT2D eigenvalue weighted by molar-refractivity contribution is -0.117. The van der Waals surface area contributed by atoms with Crippen LogP contribution in [0.15, 0.2) is 60.7 Å². The van der Waals surface area contributed by atoms with Crippen molar-refractivity contribution in [2.24, 2.45) is 0 Å². The molecule has 4 heteroatoms. The van der Waals surface area contributed by atoms with Crippen molar-refractivity contribution in [2.75, 3.05) is 17.7 Å². The maximum absolute atomic E-state index is 12.4. The summed E-state index contributed by atoms with van der Waals surface area (Å²) in [5.74, 6) is -0.00690. The summed E-state index contributed by atoms with van der Waals surface area (Å²) in [5.41, 5.74) is 8.91. The van der Waals surface area contributed by atoms with E-state index in [1.54, 1.807) is 11.9 Å². The number of para-hydroxylation sites is 2. The molecule has 0 aliphatic carbocycles. The maximum Gasteiger partial charge on any atom is 0.232 e. The van der Waals surface area contributed by atoms with E-state index in [-0.39, 0.29) is 12.3 Å². The van der Waals surface area contributed by atoms with Gasteiger partial charge in [-0.25, -0.2) is 0 Å². The summed E-state index contributed by atoms with van der Waals surface area (Å²) in [5, 5.41) is 0.979. The smallest absolute Gasteiger partial charge is 0.232 e. The Bertz CT molecular complexity index is 815. The van der Waals surface area contributed by atoms with Gasteiger partial charge in [-0.1, -0.05) is 36.4 Å². The van der Waals surface area contributed by atoms with Crippen molar-refractivity contribution >= 4 is 28.2 Å². The minimum Gasteiger partial charge on any atom is -0.397 e. The Hall–Kier alpha value is -2.88. The van der Waals surface area contributed by atoms with E-state index in [1.165, 1.54) is 0 Å². The molecule has 1 aromatic heterocycles. The lowest BCUT2D eigenvalue weighted by Gasteiger charge is -2.17. The minimum atomic E-state index is -0.00690. The lowest BCUT2D eigenvalue weighted by atomic mass is 10.1. The Morgan fingerprint density at radius 3 is 2.59 bits per heavy atom. The molecule has 0 bridgehead atoms. The summed E-state index contributed by atoms with van der Waals surface area (Å²) < 4.78 is 0. The van der Waals surface area contributed by atoms with Gasteiger partial charge in [-0.3, -0.25) is 9.78 Å². The number of aromatic nitrogens is 1. The predicted molar refractivity (Wildman–Crippen MR) is 89.7 cm³/mol. The Morgan fingerprint density at radius 2 is 1.82 bits per heavy atom. The van der Waals surface area contributed by atoms with Crippen molar-refractivity contribution in [1.29, 1.82) is 0 Å². The first-order chi connectivity index (χ1) is 10.6. The molecule has 110 valence electrons. The van der Waals surface area contributed by atoms with Gasteiger partial charge in [0.25, 0.3) is 0 Å². The van der Waals surface area contributed by atoms with Crippen LogP contribution in [0.4, 0.5) is 11.4 Å². The van der Waals surface area contributed by atoms with Gasteiger partial charge in [-0.2, -0.15) is 0 Å². The van der Waals surface area contributed by atoms with Crippen LogP contribution in [-0.4, -0.2) is 17.9 Å². The SMILES string of the molecule is CN(C(=O)Cc1ccc2cccc(N)c2n1)c1ccccc1. The van der Waals surface area contributed by atoms with Gasteiger partial charge >= 0.3 is 0 Å². The summed E-state index contributed by atoms with van der Waals surface area (Å²) >= 11 is 0. The monoisotopic (exact) mass is 291 g/mol. The molecule has 1 amide bonds. The Balaban J connectivity index is 1.84. The number of carbonyl (C=O) groups excluding carboxylic acids is 1. The Labute approximate surface area is 129 Å². The number of nitrogen functional groups attached to an aromatic ring is 1. The number of nitrogens with two attached hydrogens (primary N) is 1. The number of benzene rings is 2. The average molecular weight is 291 g/mol. The zero-order valence-electron chi connectivity index (χ0n) is 12.4. The van der Waals surface area contributed by atoms with E-state index in [9.17, 15) is 4.79 Å². The molecule has 0 saturated carbocycles. The van der Waals surface area contributed by atoms with Crippen molar-refractivity contribution in [3.63, 3.8) is 0 Å². The van der Waals surface area contributed by atoms with Crippen LogP contribution in [0.1, 0.15) is 5.69 Å². The van der Waals surface area contributed by atoms with Crippen molar-refractivity contribution in [3.05, 3.63) is 66.4 Å². The number of anilines is 2. The van der Waals surface area contributed by atoms with Crippen LogP contribution in [0.5, 0.6) is 0 Å². The quantitative estimate of drug-likeness (QED) is 0.755. The van der Waals surface area contributed by atoms with Crippen LogP contribution in [-0.2, 0) is 11.2 Å². The number of hydrogen-bond donors (Lipinski definition) is 1. The van der Waals surface area contributed by atoms with Crippen LogP contribution in [0.2, 0.25) is 0 Å². The fourth-order valence-electron chi connectivity index (χ4n) is 2.38. The normalized spacial score (nSPS) is 10.6. The van der Waals surface area contributed by atoms with E-state index in [4.69, 9.17) is 5.73 Å². The van der Waals surface area contributed by atoms with Gasteiger partial charge in [0.2, 0.25) is 5.91 Å². The third-order valence-electron chi connectivity index (χ3n) is 3.66. The third kappa shape index (κ3) is 2.76. The molecule has 0 radical (unpaired) electrons. The summed E-state index contributed by atoms with van der Waals surface area (Å²) in [6.07, 6.45) is 0.246. The van der Waals surface area contributed by atoms with Gasteiger partial charge in [-0.05, 0) is 24.3 Å². The first-order valence-electron chi connectivity index (χ1n) is 7.11. The van der Waals surface area contributed by atoms with Crippen LogP contribution < -0.4 is 10.6 Å². The molecule has 0 spiro atoms. The van der Waals surface area contributed by atoms with Gasteiger partial charge in [0.15, 0.2) is 0 Å². The second-order valence-electron chi connectivity index (χ2n) is 5.19. The molecule has 0 unspecified atom stereocenters. The molecular formula is C18H17N3O. The number of fused-ring (bicyclic) bond motifs is 1. The maximum atomic E-state index is 12.4. The predicted octanol–water partition coefficient (Wildman–Crippen LogP) is 3.02. The van der Waals surface area contributed by atoms with E-state index in [1.807, 2.05) is 60.7 Å². The number of carbonyl (C=O) groups is 1. The van der Waals surface area contributed by atoms with Gasteiger partial charge in [0.05, 0.1) is 23.3 Å². The number of rotatable bonds is 3. The number of likely N-dealkylation sites (N-methyl/N-ethyl adjacent to an activating group) is 1. The molecule has 3 aromatic rings. The minimum absolute atomic E-state index is 0.00690. The van der Waals surface area contributed by atoms with Crippen molar-refractivity contribution in [2.45, 2.75) is 6.42 Å². The number of amides is 1. The summed E-state index contributed by atoms with van der Waals surface area (Å²) in [7, 11) is 1.77. The van der Waals surface area contributed by atoms with Gasteiger partial charge < -0.3 is 10.6 Å². The highest BCUT2D eigenvalue weighted by Gasteiger charge is 2.12. The fraction of sp³-hybridized carbons (Fsp3) is 0.111. The van der Waals surface area contributed by atoms with Crippen molar-refractivity contribution in [3.8, 4) is 0 Å². The first kappa shape index (κ1) is 14.1. The van der Waals surface area contributed by atoms with Crippen LogP contribution in [0.3, 0.4) is 0 Å². The molecule has 0 atom stereocenters. The Kier molecular flexibility index (Phi) is 3.74.